The average molecular weight is 454 g/mol. The van der Waals surface area contributed by atoms with Crippen LogP contribution in [-0.2, 0) is 20.9 Å². The number of carbonyl (C=O) groups excluding carboxylic acids is 4. The van der Waals surface area contributed by atoms with Crippen molar-refractivity contribution in [2.24, 2.45) is 0 Å². The fraction of sp³-hybridized carbons (Fsp3) is 0.304. The van der Waals surface area contributed by atoms with Crippen molar-refractivity contribution >= 4 is 23.6 Å². The lowest BCUT2D eigenvalue weighted by Crippen LogP contribution is -2.54. The number of carbonyl (C=O) groups is 4. The van der Waals surface area contributed by atoms with Crippen LogP contribution in [0.25, 0.3) is 0 Å². The van der Waals surface area contributed by atoms with Crippen molar-refractivity contribution in [2.75, 3.05) is 13.2 Å². The van der Waals surface area contributed by atoms with E-state index in [1.165, 1.54) is 6.07 Å². The minimum atomic E-state index is -1.19. The Morgan fingerprint density at radius 2 is 1.91 bits per heavy atom. The topological polar surface area (TPSA) is 111 Å². The van der Waals surface area contributed by atoms with Crippen LogP contribution in [0.2, 0.25) is 0 Å². The number of benzene rings is 2. The number of hydrogen-bond donors (Lipinski definition) is 1. The minimum Gasteiger partial charge on any atom is -0.483 e. The maximum absolute atomic E-state index is 15.2. The van der Waals surface area contributed by atoms with Crippen molar-refractivity contribution in [2.45, 2.75) is 31.6 Å². The Hall–Kier alpha value is -3.79. The number of hydrogen-bond acceptors (Lipinski definition) is 7. The van der Waals surface area contributed by atoms with Crippen molar-refractivity contribution in [3.63, 3.8) is 0 Å². The van der Waals surface area contributed by atoms with Crippen LogP contribution in [0.3, 0.4) is 0 Å². The fourth-order valence-corrected chi connectivity index (χ4v) is 4.12. The molecular weight excluding hydrogens is 435 g/mol. The standard InChI is InChI=1S/C23H19FN2O7/c24-19-18-14(22(29)26(23(18)30)15-6-7-17(27)25-21(15)28)8-16-20(19)32-11-13(33-16)10-31-9-12-4-2-1-3-5-12/h1-5,8,13,15H,6-7,9-11H2,(H,25,27,28)/t13-,15?/m0/s1. The van der Waals surface area contributed by atoms with Crippen LogP contribution >= 0.6 is 0 Å². The van der Waals surface area contributed by atoms with E-state index in [9.17, 15) is 19.2 Å². The summed E-state index contributed by atoms with van der Waals surface area (Å²) in [6.07, 6.45) is -0.595. The summed E-state index contributed by atoms with van der Waals surface area (Å²) < 4.78 is 32.1. The van der Waals surface area contributed by atoms with Crippen molar-refractivity contribution in [1.82, 2.24) is 10.2 Å². The SMILES string of the molecule is O=C1CCC(N2C(=O)c3cc4c(c(F)c3C2=O)OC[C@H](COCc2ccccc2)O4)C(=O)N1. The Bertz CT molecular complexity index is 1170. The average Bonchev–Trinajstić information content (AvgIpc) is 3.05. The van der Waals surface area contributed by atoms with Crippen LogP contribution in [0.4, 0.5) is 4.39 Å². The summed E-state index contributed by atoms with van der Waals surface area (Å²) in [6.45, 7) is 0.527. The third-order valence-corrected chi connectivity index (χ3v) is 5.71. The molecule has 170 valence electrons. The molecule has 1 N–H and O–H groups in total. The van der Waals surface area contributed by atoms with E-state index in [1.807, 2.05) is 30.3 Å². The summed E-state index contributed by atoms with van der Waals surface area (Å²) in [5.41, 5.74) is 0.303. The normalized spacial score (nSPS) is 21.8. The lowest BCUT2D eigenvalue weighted by atomic mass is 10.0. The highest BCUT2D eigenvalue weighted by atomic mass is 19.1. The maximum atomic E-state index is 15.2. The van der Waals surface area contributed by atoms with Gasteiger partial charge < -0.3 is 14.2 Å². The van der Waals surface area contributed by atoms with E-state index in [2.05, 4.69) is 5.32 Å². The quantitative estimate of drug-likeness (QED) is 0.683. The Labute approximate surface area is 187 Å². The first-order chi connectivity index (χ1) is 15.9. The van der Waals surface area contributed by atoms with Crippen LogP contribution in [0.15, 0.2) is 36.4 Å². The molecule has 0 aliphatic carbocycles. The van der Waals surface area contributed by atoms with E-state index < -0.39 is 47.2 Å². The number of imide groups is 2. The predicted octanol–water partition coefficient (Wildman–Crippen LogP) is 1.58. The number of ether oxygens (including phenoxy) is 3. The van der Waals surface area contributed by atoms with Gasteiger partial charge in [-0.1, -0.05) is 30.3 Å². The molecule has 3 aliphatic heterocycles. The third kappa shape index (κ3) is 3.72. The molecule has 0 bridgehead atoms. The van der Waals surface area contributed by atoms with E-state index in [0.29, 0.717) is 11.5 Å². The molecule has 1 saturated heterocycles. The predicted molar refractivity (Wildman–Crippen MR) is 109 cm³/mol. The molecule has 0 spiro atoms. The van der Waals surface area contributed by atoms with Gasteiger partial charge in [-0.3, -0.25) is 29.4 Å². The van der Waals surface area contributed by atoms with Crippen LogP contribution in [0, 0.1) is 5.82 Å². The molecule has 5 rings (SSSR count). The number of halogens is 1. The zero-order chi connectivity index (χ0) is 23.1. The summed E-state index contributed by atoms with van der Waals surface area (Å²) in [4.78, 5) is 50.1. The van der Waals surface area contributed by atoms with Crippen molar-refractivity contribution < 1.29 is 37.8 Å². The number of fused-ring (bicyclic) bond motifs is 2. The van der Waals surface area contributed by atoms with Crippen LogP contribution in [0.1, 0.15) is 39.1 Å². The van der Waals surface area contributed by atoms with Crippen molar-refractivity contribution in [1.29, 1.82) is 0 Å². The molecule has 4 amide bonds. The van der Waals surface area contributed by atoms with Gasteiger partial charge in [0, 0.05) is 6.42 Å². The summed E-state index contributed by atoms with van der Waals surface area (Å²) in [5.74, 6) is -4.32. The molecule has 9 nitrogen and oxygen atoms in total. The highest BCUT2D eigenvalue weighted by Crippen LogP contribution is 2.42. The van der Waals surface area contributed by atoms with Gasteiger partial charge in [0.15, 0.2) is 23.4 Å². The number of nitrogens with one attached hydrogen (secondary N) is 1. The lowest BCUT2D eigenvalue weighted by molar-refractivity contribution is -0.136. The van der Waals surface area contributed by atoms with Crippen LogP contribution in [-0.4, -0.2) is 53.9 Å². The van der Waals surface area contributed by atoms with Gasteiger partial charge in [-0.25, -0.2) is 4.39 Å². The molecule has 2 atom stereocenters. The first-order valence-corrected chi connectivity index (χ1v) is 10.4. The first-order valence-electron chi connectivity index (χ1n) is 10.4. The molecule has 1 fully saturated rings. The first kappa shape index (κ1) is 21.1. The molecule has 0 aromatic heterocycles. The smallest absolute Gasteiger partial charge is 0.265 e. The van der Waals surface area contributed by atoms with Gasteiger partial charge in [0.05, 0.1) is 24.3 Å². The highest BCUT2D eigenvalue weighted by Gasteiger charge is 2.47. The van der Waals surface area contributed by atoms with Gasteiger partial charge in [0.25, 0.3) is 11.8 Å². The van der Waals surface area contributed by atoms with Gasteiger partial charge in [0.2, 0.25) is 11.8 Å². The Balaban J connectivity index is 1.33. The number of rotatable bonds is 5. The van der Waals surface area contributed by atoms with Crippen LogP contribution in [0.5, 0.6) is 11.5 Å². The number of nitrogens with zero attached hydrogens (tertiary/aromatic N) is 1. The van der Waals surface area contributed by atoms with Gasteiger partial charge in [0.1, 0.15) is 12.6 Å². The van der Waals surface area contributed by atoms with Gasteiger partial charge >= 0.3 is 0 Å². The summed E-state index contributed by atoms with van der Waals surface area (Å²) in [5, 5.41) is 2.10. The van der Waals surface area contributed by atoms with E-state index in [1.54, 1.807) is 0 Å². The molecule has 3 aliphatic rings. The van der Waals surface area contributed by atoms with Gasteiger partial charge in [-0.15, -0.1) is 0 Å². The number of piperidine rings is 1. The Morgan fingerprint density at radius 1 is 1.12 bits per heavy atom. The molecular formula is C23H19FN2O7. The molecule has 0 radical (unpaired) electrons. The van der Waals surface area contributed by atoms with E-state index in [0.717, 1.165) is 5.56 Å². The van der Waals surface area contributed by atoms with E-state index >= 15 is 4.39 Å². The lowest BCUT2D eigenvalue weighted by Gasteiger charge is -2.27. The summed E-state index contributed by atoms with van der Waals surface area (Å²) >= 11 is 0. The molecule has 2 aromatic carbocycles. The minimum absolute atomic E-state index is 0.00348. The van der Waals surface area contributed by atoms with Gasteiger partial charge in [-0.05, 0) is 18.1 Å². The second kappa shape index (κ2) is 8.28. The Kier molecular flexibility index (Phi) is 5.29. The van der Waals surface area contributed by atoms with Crippen LogP contribution < -0.4 is 14.8 Å². The van der Waals surface area contributed by atoms with E-state index in [4.69, 9.17) is 14.2 Å². The maximum Gasteiger partial charge on any atom is 0.265 e. The molecule has 33 heavy (non-hydrogen) atoms. The number of amides is 4. The zero-order valence-electron chi connectivity index (χ0n) is 17.3. The summed E-state index contributed by atoms with van der Waals surface area (Å²) in [7, 11) is 0. The monoisotopic (exact) mass is 454 g/mol. The molecule has 0 saturated carbocycles. The largest absolute Gasteiger partial charge is 0.483 e. The van der Waals surface area contributed by atoms with Crippen molar-refractivity contribution in [3.05, 3.63) is 58.9 Å². The molecule has 3 heterocycles. The zero-order valence-corrected chi connectivity index (χ0v) is 17.3. The molecule has 2 aromatic rings. The summed E-state index contributed by atoms with van der Waals surface area (Å²) in [6, 6.07) is 9.60. The third-order valence-electron chi connectivity index (χ3n) is 5.71. The highest BCUT2D eigenvalue weighted by molar-refractivity contribution is 6.24. The molecule has 1 unspecified atom stereocenters. The second-order valence-electron chi connectivity index (χ2n) is 7.94. The second-order valence-corrected chi connectivity index (χ2v) is 7.94. The van der Waals surface area contributed by atoms with Crippen molar-refractivity contribution in [3.8, 4) is 11.5 Å². The van der Waals surface area contributed by atoms with Gasteiger partial charge in [-0.2, -0.15) is 0 Å². The Morgan fingerprint density at radius 3 is 2.67 bits per heavy atom. The van der Waals surface area contributed by atoms with E-state index in [-0.39, 0.29) is 43.1 Å². The fourth-order valence-electron chi connectivity index (χ4n) is 4.12. The molecule has 10 heteroatoms.